The Labute approximate surface area is 177 Å². The average Bonchev–Trinajstić information content (AvgIpc) is 3.20. The largest absolute Gasteiger partial charge is 0.586 e. The third kappa shape index (κ3) is 3.35. The maximum absolute atomic E-state index is 13.3. The van der Waals surface area contributed by atoms with Crippen molar-refractivity contribution in [1.29, 1.82) is 0 Å². The van der Waals surface area contributed by atoms with Crippen molar-refractivity contribution in [2.24, 2.45) is 0 Å². The van der Waals surface area contributed by atoms with E-state index in [1.807, 2.05) is 6.07 Å². The van der Waals surface area contributed by atoms with Crippen molar-refractivity contribution < 1.29 is 22.8 Å². The van der Waals surface area contributed by atoms with Crippen LogP contribution in [0.3, 0.4) is 0 Å². The molecule has 0 unspecified atom stereocenters. The first-order valence-corrected chi connectivity index (χ1v) is 10.5. The predicted octanol–water partition coefficient (Wildman–Crippen LogP) is 4.63. The third-order valence-corrected chi connectivity index (χ3v) is 6.58. The molecule has 6 nitrogen and oxygen atoms in total. The van der Waals surface area contributed by atoms with Crippen LogP contribution in [0.25, 0.3) is 11.5 Å². The molecule has 0 saturated heterocycles. The van der Waals surface area contributed by atoms with Crippen LogP contribution in [-0.2, 0) is 5.41 Å². The SMILES string of the molecule is FC1(F)Oc2ccc(-c3nc(C4(CN[C@H]5C[C@@H]5c5ccccc5)CCC4)no3)cc2O1. The number of nitrogens with one attached hydrogen (secondary N) is 1. The molecule has 3 aliphatic rings. The summed E-state index contributed by atoms with van der Waals surface area (Å²) in [5.41, 5.74) is 1.75. The van der Waals surface area contributed by atoms with Crippen LogP contribution >= 0.6 is 0 Å². The molecule has 1 N–H and O–H groups in total. The van der Waals surface area contributed by atoms with E-state index in [1.165, 1.54) is 17.7 Å². The summed E-state index contributed by atoms with van der Waals surface area (Å²) >= 11 is 0. The van der Waals surface area contributed by atoms with Crippen molar-refractivity contribution in [2.75, 3.05) is 6.54 Å². The monoisotopic (exact) mass is 425 g/mol. The number of rotatable bonds is 6. The van der Waals surface area contributed by atoms with Crippen LogP contribution in [-0.4, -0.2) is 29.0 Å². The molecule has 0 bridgehead atoms. The number of hydrogen-bond donors (Lipinski definition) is 1. The first-order chi connectivity index (χ1) is 15.0. The molecule has 0 amide bonds. The molecule has 1 aromatic heterocycles. The van der Waals surface area contributed by atoms with Gasteiger partial charge in [-0.3, -0.25) is 0 Å². The lowest BCUT2D eigenvalue weighted by Crippen LogP contribution is -2.45. The summed E-state index contributed by atoms with van der Waals surface area (Å²) in [5, 5.41) is 7.94. The van der Waals surface area contributed by atoms with Gasteiger partial charge in [-0.2, -0.15) is 4.98 Å². The Hall–Kier alpha value is -3.00. The van der Waals surface area contributed by atoms with E-state index in [1.54, 1.807) is 6.07 Å². The van der Waals surface area contributed by atoms with Crippen LogP contribution in [0, 0.1) is 0 Å². The fraction of sp³-hybridized carbons (Fsp3) is 0.391. The first-order valence-electron chi connectivity index (χ1n) is 10.5. The second-order valence-electron chi connectivity index (χ2n) is 8.63. The van der Waals surface area contributed by atoms with Crippen molar-refractivity contribution in [3.8, 4) is 23.0 Å². The van der Waals surface area contributed by atoms with E-state index in [9.17, 15) is 8.78 Å². The highest BCUT2D eigenvalue weighted by atomic mass is 19.3. The molecule has 0 radical (unpaired) electrons. The molecule has 3 aromatic rings. The molecule has 31 heavy (non-hydrogen) atoms. The Morgan fingerprint density at radius 3 is 2.61 bits per heavy atom. The van der Waals surface area contributed by atoms with E-state index in [-0.39, 0.29) is 22.8 Å². The third-order valence-electron chi connectivity index (χ3n) is 6.58. The van der Waals surface area contributed by atoms with E-state index in [4.69, 9.17) is 4.52 Å². The zero-order valence-electron chi connectivity index (χ0n) is 16.7. The van der Waals surface area contributed by atoms with Crippen molar-refractivity contribution in [3.05, 3.63) is 59.9 Å². The molecule has 1 aliphatic heterocycles. The highest BCUT2D eigenvalue weighted by molar-refractivity contribution is 5.60. The minimum Gasteiger partial charge on any atom is -0.395 e. The summed E-state index contributed by atoms with van der Waals surface area (Å²) in [6.07, 6.45) is 0.601. The van der Waals surface area contributed by atoms with Gasteiger partial charge in [0, 0.05) is 29.5 Å². The highest BCUT2D eigenvalue weighted by Gasteiger charge is 2.46. The normalized spacial score (nSPS) is 24.6. The highest BCUT2D eigenvalue weighted by Crippen LogP contribution is 2.46. The molecule has 6 rings (SSSR count). The van der Waals surface area contributed by atoms with E-state index in [2.05, 4.69) is 49.2 Å². The standard InChI is InChI=1S/C23H21F2N3O3/c24-23(25)29-18-8-7-15(11-19(18)30-23)20-27-21(28-31-20)22(9-4-10-22)13-26-17-12-16(17)14-5-2-1-3-6-14/h1-3,5-8,11,16-17,26H,4,9-10,12-13H2/t16-,17+/m1/s1. The quantitative estimate of drug-likeness (QED) is 0.621. The smallest absolute Gasteiger partial charge is 0.395 e. The lowest BCUT2D eigenvalue weighted by atomic mass is 9.68. The van der Waals surface area contributed by atoms with E-state index in [0.717, 1.165) is 32.2 Å². The fourth-order valence-corrected chi connectivity index (χ4v) is 4.54. The number of hydrogen-bond acceptors (Lipinski definition) is 6. The Balaban J connectivity index is 1.16. The number of alkyl halides is 2. The van der Waals surface area contributed by atoms with Gasteiger partial charge in [-0.1, -0.05) is 41.9 Å². The fourth-order valence-electron chi connectivity index (χ4n) is 4.54. The van der Waals surface area contributed by atoms with Gasteiger partial charge in [0.05, 0.1) is 0 Å². The summed E-state index contributed by atoms with van der Waals surface area (Å²) in [4.78, 5) is 4.61. The molecular weight excluding hydrogens is 404 g/mol. The van der Waals surface area contributed by atoms with E-state index < -0.39 is 6.29 Å². The van der Waals surface area contributed by atoms with Crippen LogP contribution in [0.1, 0.15) is 43.0 Å². The number of halogens is 2. The predicted molar refractivity (Wildman–Crippen MR) is 107 cm³/mol. The average molecular weight is 425 g/mol. The lowest BCUT2D eigenvalue weighted by Gasteiger charge is -2.39. The van der Waals surface area contributed by atoms with Crippen molar-refractivity contribution in [1.82, 2.24) is 15.5 Å². The van der Waals surface area contributed by atoms with Gasteiger partial charge in [-0.15, -0.1) is 8.78 Å². The maximum Gasteiger partial charge on any atom is 0.586 e. The summed E-state index contributed by atoms with van der Waals surface area (Å²) in [7, 11) is 0. The molecule has 160 valence electrons. The molecule has 2 aliphatic carbocycles. The molecule has 2 heterocycles. The summed E-state index contributed by atoms with van der Waals surface area (Å²) < 4.78 is 41.0. The van der Waals surface area contributed by atoms with Gasteiger partial charge in [0.2, 0.25) is 0 Å². The molecule has 2 saturated carbocycles. The lowest BCUT2D eigenvalue weighted by molar-refractivity contribution is -0.286. The second kappa shape index (κ2) is 6.75. The molecular formula is C23H21F2N3O3. The summed E-state index contributed by atoms with van der Waals surface area (Å²) in [6, 6.07) is 15.5. The zero-order valence-corrected chi connectivity index (χ0v) is 16.7. The van der Waals surface area contributed by atoms with Crippen LogP contribution in [0.4, 0.5) is 8.78 Å². The summed E-state index contributed by atoms with van der Waals surface area (Å²) in [6.45, 7) is 0.799. The Kier molecular flexibility index (Phi) is 4.08. The van der Waals surface area contributed by atoms with Crippen LogP contribution in [0.2, 0.25) is 0 Å². The molecule has 2 fully saturated rings. The minimum absolute atomic E-state index is 0.00874. The van der Waals surface area contributed by atoms with Crippen molar-refractivity contribution >= 4 is 0 Å². The summed E-state index contributed by atoms with van der Waals surface area (Å²) in [5.74, 6) is 1.47. The molecule has 0 spiro atoms. The van der Waals surface area contributed by atoms with Crippen molar-refractivity contribution in [3.63, 3.8) is 0 Å². The van der Waals surface area contributed by atoms with Gasteiger partial charge in [0.1, 0.15) is 0 Å². The second-order valence-corrected chi connectivity index (χ2v) is 8.63. The number of ether oxygens (including phenoxy) is 2. The van der Waals surface area contributed by atoms with Gasteiger partial charge in [0.15, 0.2) is 17.3 Å². The Morgan fingerprint density at radius 1 is 1.03 bits per heavy atom. The maximum atomic E-state index is 13.3. The first kappa shape index (κ1) is 18.7. The van der Waals surface area contributed by atoms with Gasteiger partial charge in [-0.05, 0) is 43.0 Å². The molecule has 8 heteroatoms. The van der Waals surface area contributed by atoms with Crippen molar-refractivity contribution in [2.45, 2.75) is 49.4 Å². The zero-order chi connectivity index (χ0) is 21.1. The van der Waals surface area contributed by atoms with Crippen LogP contribution in [0.15, 0.2) is 53.1 Å². The number of benzene rings is 2. The van der Waals surface area contributed by atoms with Gasteiger partial charge in [-0.25, -0.2) is 0 Å². The number of nitrogens with zero attached hydrogens (tertiary/aromatic N) is 2. The molecule has 2 aromatic carbocycles. The van der Waals surface area contributed by atoms with E-state index >= 15 is 0 Å². The Morgan fingerprint density at radius 2 is 1.84 bits per heavy atom. The van der Waals surface area contributed by atoms with Crippen LogP contribution < -0.4 is 14.8 Å². The molecule has 2 atom stereocenters. The number of aromatic nitrogens is 2. The van der Waals surface area contributed by atoms with Crippen LogP contribution in [0.5, 0.6) is 11.5 Å². The van der Waals surface area contributed by atoms with E-state index in [0.29, 0.717) is 23.3 Å². The topological polar surface area (TPSA) is 69.4 Å². The number of fused-ring (bicyclic) bond motifs is 1. The van der Waals surface area contributed by atoms with Gasteiger partial charge in [0.25, 0.3) is 5.89 Å². The Bertz CT molecular complexity index is 1110. The van der Waals surface area contributed by atoms with Gasteiger partial charge < -0.3 is 19.3 Å². The van der Waals surface area contributed by atoms with Gasteiger partial charge >= 0.3 is 6.29 Å². The minimum atomic E-state index is -3.65.